The van der Waals surface area contributed by atoms with Crippen molar-refractivity contribution in [2.24, 2.45) is 0 Å². The third-order valence-electron chi connectivity index (χ3n) is 3.27. The van der Waals surface area contributed by atoms with Gasteiger partial charge in [0.15, 0.2) is 11.5 Å². The zero-order chi connectivity index (χ0) is 17.0. The van der Waals surface area contributed by atoms with Crippen molar-refractivity contribution in [1.82, 2.24) is 9.71 Å². The number of nitrogens with one attached hydrogen (secondary N) is 1. The van der Waals surface area contributed by atoms with E-state index in [-0.39, 0.29) is 11.5 Å². The summed E-state index contributed by atoms with van der Waals surface area (Å²) in [4.78, 5) is 3.37. The molecule has 0 saturated heterocycles. The van der Waals surface area contributed by atoms with Crippen LogP contribution in [0.5, 0.6) is 11.5 Å². The highest BCUT2D eigenvalue weighted by molar-refractivity contribution is 7.89. The number of sulfonamides is 1. The summed E-state index contributed by atoms with van der Waals surface area (Å²) in [6, 6.07) is 4.88. The van der Waals surface area contributed by atoms with Gasteiger partial charge < -0.3 is 9.47 Å². The lowest BCUT2D eigenvalue weighted by molar-refractivity contribution is 0.350. The number of methoxy groups -OCH3 is 2. The predicted octanol–water partition coefficient (Wildman–Crippen LogP) is 2.28. The maximum Gasteiger partial charge on any atom is 0.244 e. The highest BCUT2D eigenvalue weighted by Gasteiger charge is 2.24. The highest BCUT2D eigenvalue weighted by atomic mass is 32.2. The summed E-state index contributed by atoms with van der Waals surface area (Å²) in [5.41, 5.74) is 0.712. The van der Waals surface area contributed by atoms with Crippen LogP contribution in [0.15, 0.2) is 41.6 Å². The van der Waals surface area contributed by atoms with Crippen LogP contribution >= 0.6 is 0 Å². The van der Waals surface area contributed by atoms with Gasteiger partial charge in [0.25, 0.3) is 0 Å². The molecule has 2 rings (SSSR count). The van der Waals surface area contributed by atoms with E-state index < -0.39 is 26.8 Å². The van der Waals surface area contributed by atoms with E-state index in [1.807, 2.05) is 0 Å². The summed E-state index contributed by atoms with van der Waals surface area (Å²) in [6.45, 7) is 1.66. The van der Waals surface area contributed by atoms with Gasteiger partial charge in [-0.3, -0.25) is 4.98 Å². The Balaban J connectivity index is 2.36. The molecule has 0 spiro atoms. The molecule has 0 amide bonds. The lowest BCUT2D eigenvalue weighted by atomic mass is 10.1. The van der Waals surface area contributed by atoms with Gasteiger partial charge in [-0.15, -0.1) is 0 Å². The quantitative estimate of drug-likeness (QED) is 0.873. The van der Waals surface area contributed by atoms with E-state index in [9.17, 15) is 12.8 Å². The summed E-state index contributed by atoms with van der Waals surface area (Å²) in [5, 5.41) is 0. The topological polar surface area (TPSA) is 77.5 Å². The molecule has 1 aromatic carbocycles. The molecule has 1 N–H and O–H groups in total. The van der Waals surface area contributed by atoms with Gasteiger partial charge in [0, 0.05) is 30.6 Å². The van der Waals surface area contributed by atoms with Crippen molar-refractivity contribution in [3.63, 3.8) is 0 Å². The third-order valence-corrected chi connectivity index (χ3v) is 4.82. The molecule has 1 heterocycles. The smallest absolute Gasteiger partial charge is 0.244 e. The number of aromatic nitrogens is 1. The van der Waals surface area contributed by atoms with Crippen molar-refractivity contribution in [3.8, 4) is 11.5 Å². The fourth-order valence-electron chi connectivity index (χ4n) is 2.06. The van der Waals surface area contributed by atoms with Gasteiger partial charge >= 0.3 is 0 Å². The Bertz CT molecular complexity index is 782. The lowest BCUT2D eigenvalue weighted by Crippen LogP contribution is -2.27. The third kappa shape index (κ3) is 3.77. The highest BCUT2D eigenvalue weighted by Crippen LogP contribution is 2.32. The van der Waals surface area contributed by atoms with Gasteiger partial charge in [0.1, 0.15) is 10.7 Å². The van der Waals surface area contributed by atoms with E-state index in [4.69, 9.17) is 9.47 Å². The number of hydrogen-bond donors (Lipinski definition) is 1. The molecule has 0 fully saturated rings. The summed E-state index contributed by atoms with van der Waals surface area (Å²) in [7, 11) is -1.39. The van der Waals surface area contributed by atoms with Crippen molar-refractivity contribution >= 4 is 10.0 Å². The molecule has 0 aliphatic rings. The first kappa shape index (κ1) is 17.2. The minimum Gasteiger partial charge on any atom is -0.493 e. The lowest BCUT2D eigenvalue weighted by Gasteiger charge is -2.16. The standard InChI is InChI=1S/C15H17FN2O4S/c1-10(11-4-6-17-7-5-11)18-23(19,20)15-9-14(22-3)13(21-2)8-12(15)16/h4-10,18H,1-3H3/t10-/m1/s1. The van der Waals surface area contributed by atoms with Crippen molar-refractivity contribution < 1.29 is 22.3 Å². The molecule has 1 atom stereocenters. The first-order valence-corrected chi connectivity index (χ1v) is 8.21. The molecule has 23 heavy (non-hydrogen) atoms. The molecule has 124 valence electrons. The van der Waals surface area contributed by atoms with Crippen LogP contribution < -0.4 is 14.2 Å². The largest absolute Gasteiger partial charge is 0.493 e. The minimum absolute atomic E-state index is 0.117. The summed E-state index contributed by atoms with van der Waals surface area (Å²) in [5.74, 6) is -0.672. The molecular formula is C15H17FN2O4S. The second kappa shape index (κ2) is 6.93. The molecular weight excluding hydrogens is 323 g/mol. The maximum atomic E-state index is 14.1. The van der Waals surface area contributed by atoms with Crippen LogP contribution in [0, 0.1) is 5.82 Å². The first-order chi connectivity index (χ1) is 10.9. The van der Waals surface area contributed by atoms with Gasteiger partial charge in [-0.2, -0.15) is 0 Å². The Morgan fingerprint density at radius 3 is 2.26 bits per heavy atom. The van der Waals surface area contributed by atoms with Gasteiger partial charge in [-0.25, -0.2) is 17.5 Å². The van der Waals surface area contributed by atoms with Crippen LogP contribution in [0.4, 0.5) is 4.39 Å². The minimum atomic E-state index is -4.08. The van der Waals surface area contributed by atoms with Crippen LogP contribution in [0.2, 0.25) is 0 Å². The molecule has 2 aromatic rings. The van der Waals surface area contributed by atoms with Crippen LogP contribution in [-0.4, -0.2) is 27.6 Å². The van der Waals surface area contributed by atoms with Gasteiger partial charge in [-0.1, -0.05) is 0 Å². The summed E-state index contributed by atoms with van der Waals surface area (Å²) in [6.07, 6.45) is 3.11. The van der Waals surface area contributed by atoms with E-state index in [0.29, 0.717) is 5.56 Å². The second-order valence-electron chi connectivity index (χ2n) is 4.76. The molecule has 0 unspecified atom stereocenters. The fourth-order valence-corrected chi connectivity index (χ4v) is 3.36. The van der Waals surface area contributed by atoms with E-state index in [2.05, 4.69) is 9.71 Å². The molecule has 0 radical (unpaired) electrons. The van der Waals surface area contributed by atoms with E-state index >= 15 is 0 Å². The number of benzene rings is 1. The first-order valence-electron chi connectivity index (χ1n) is 6.73. The normalized spacial score (nSPS) is 12.7. The molecule has 0 aliphatic carbocycles. The Morgan fingerprint density at radius 1 is 1.13 bits per heavy atom. The van der Waals surface area contributed by atoms with Gasteiger partial charge in [0.05, 0.1) is 14.2 Å². The van der Waals surface area contributed by atoms with Gasteiger partial charge in [0.2, 0.25) is 10.0 Å². The fraction of sp³-hybridized carbons (Fsp3) is 0.267. The van der Waals surface area contributed by atoms with Crippen LogP contribution in [0.1, 0.15) is 18.5 Å². The van der Waals surface area contributed by atoms with E-state index in [0.717, 1.165) is 12.1 Å². The number of nitrogens with zero attached hydrogens (tertiary/aromatic N) is 1. The Morgan fingerprint density at radius 2 is 1.70 bits per heavy atom. The second-order valence-corrected chi connectivity index (χ2v) is 6.44. The zero-order valence-electron chi connectivity index (χ0n) is 12.9. The van der Waals surface area contributed by atoms with Crippen molar-refractivity contribution in [1.29, 1.82) is 0 Å². The van der Waals surface area contributed by atoms with Crippen molar-refractivity contribution in [2.45, 2.75) is 17.9 Å². The van der Waals surface area contributed by atoms with Crippen LogP contribution in [0.3, 0.4) is 0 Å². The summed E-state index contributed by atoms with van der Waals surface area (Å²) >= 11 is 0. The molecule has 0 aliphatic heterocycles. The average molecular weight is 340 g/mol. The monoisotopic (exact) mass is 340 g/mol. The van der Waals surface area contributed by atoms with Crippen molar-refractivity contribution in [3.05, 3.63) is 48.0 Å². The zero-order valence-corrected chi connectivity index (χ0v) is 13.7. The molecule has 0 saturated carbocycles. The number of halogens is 1. The average Bonchev–Trinajstić information content (AvgIpc) is 2.54. The number of rotatable bonds is 6. The Kier molecular flexibility index (Phi) is 5.17. The Labute approximate surface area is 134 Å². The number of hydrogen-bond acceptors (Lipinski definition) is 5. The molecule has 6 nitrogen and oxygen atoms in total. The number of ether oxygens (including phenoxy) is 2. The Hall–Kier alpha value is -2.19. The molecule has 1 aromatic heterocycles. The van der Waals surface area contributed by atoms with Crippen molar-refractivity contribution in [2.75, 3.05) is 14.2 Å². The maximum absolute atomic E-state index is 14.1. The molecule has 8 heteroatoms. The van der Waals surface area contributed by atoms with Crippen LogP contribution in [0.25, 0.3) is 0 Å². The van der Waals surface area contributed by atoms with E-state index in [1.54, 1.807) is 31.5 Å². The van der Waals surface area contributed by atoms with Crippen LogP contribution in [-0.2, 0) is 10.0 Å². The molecule has 0 bridgehead atoms. The SMILES string of the molecule is COc1cc(F)c(S(=O)(=O)N[C@H](C)c2ccncc2)cc1OC. The predicted molar refractivity (Wildman–Crippen MR) is 82.5 cm³/mol. The van der Waals surface area contributed by atoms with E-state index in [1.165, 1.54) is 14.2 Å². The number of pyridine rings is 1. The summed E-state index contributed by atoms with van der Waals surface area (Å²) < 4.78 is 51.4. The van der Waals surface area contributed by atoms with Gasteiger partial charge in [-0.05, 0) is 24.6 Å².